The van der Waals surface area contributed by atoms with Crippen LogP contribution in [0.4, 0.5) is 0 Å². The predicted octanol–water partition coefficient (Wildman–Crippen LogP) is 2.69. The minimum absolute atomic E-state index is 0.494. The van der Waals surface area contributed by atoms with Crippen LogP contribution in [0.1, 0.15) is 51.4 Å². The van der Waals surface area contributed by atoms with E-state index in [4.69, 9.17) is 0 Å². The average molecular weight is 249 g/mol. The molecule has 1 heterocycles. The molecule has 0 aromatic carbocycles. The first-order valence-electron chi connectivity index (χ1n) is 7.36. The van der Waals surface area contributed by atoms with Gasteiger partial charge in [-0.05, 0) is 57.1 Å². The van der Waals surface area contributed by atoms with Gasteiger partial charge in [0.25, 0.3) is 0 Å². The highest BCUT2D eigenvalue weighted by Gasteiger charge is 2.47. The van der Waals surface area contributed by atoms with Crippen molar-refractivity contribution in [2.75, 3.05) is 6.54 Å². The van der Waals surface area contributed by atoms with Gasteiger partial charge in [-0.25, -0.2) is 0 Å². The zero-order chi connectivity index (χ0) is 13.2. The minimum Gasteiger partial charge on any atom is -0.314 e. The van der Waals surface area contributed by atoms with Crippen LogP contribution in [-0.2, 0) is 19.9 Å². The van der Waals surface area contributed by atoms with Crippen molar-refractivity contribution < 1.29 is 0 Å². The van der Waals surface area contributed by atoms with Crippen molar-refractivity contribution in [2.24, 2.45) is 12.5 Å². The Morgan fingerprint density at radius 3 is 2.67 bits per heavy atom. The fourth-order valence-corrected chi connectivity index (χ4v) is 2.77. The van der Waals surface area contributed by atoms with Crippen LogP contribution >= 0.6 is 0 Å². The largest absolute Gasteiger partial charge is 0.314 e. The van der Waals surface area contributed by atoms with Crippen molar-refractivity contribution >= 4 is 0 Å². The summed E-state index contributed by atoms with van der Waals surface area (Å²) in [7, 11) is 2.08. The molecule has 1 aliphatic rings. The lowest BCUT2D eigenvalue weighted by Crippen LogP contribution is -2.36. The normalized spacial score (nSPS) is 18.9. The van der Waals surface area contributed by atoms with E-state index < -0.39 is 0 Å². The van der Waals surface area contributed by atoms with Gasteiger partial charge in [-0.2, -0.15) is 5.10 Å². The molecule has 1 unspecified atom stereocenters. The fourth-order valence-electron chi connectivity index (χ4n) is 2.77. The molecular formula is C15H27N3. The van der Waals surface area contributed by atoms with Crippen LogP contribution in [0.3, 0.4) is 0 Å². The summed E-state index contributed by atoms with van der Waals surface area (Å²) >= 11 is 0. The van der Waals surface area contributed by atoms with Crippen LogP contribution in [0.5, 0.6) is 0 Å². The van der Waals surface area contributed by atoms with Gasteiger partial charge >= 0.3 is 0 Å². The molecule has 3 heteroatoms. The highest BCUT2D eigenvalue weighted by Crippen LogP contribution is 2.51. The molecule has 1 atom stereocenters. The zero-order valence-corrected chi connectivity index (χ0v) is 12.3. The molecule has 0 radical (unpaired) electrons. The molecule has 0 bridgehead atoms. The average Bonchev–Trinajstić information content (AvgIpc) is 3.06. The monoisotopic (exact) mass is 249 g/mol. The van der Waals surface area contributed by atoms with Gasteiger partial charge in [0.05, 0.1) is 5.69 Å². The second-order valence-corrected chi connectivity index (χ2v) is 5.82. The van der Waals surface area contributed by atoms with Crippen LogP contribution < -0.4 is 5.32 Å². The summed E-state index contributed by atoms with van der Waals surface area (Å²) in [5.74, 6) is 0. The second kappa shape index (κ2) is 5.43. The molecule has 0 saturated heterocycles. The Kier molecular flexibility index (Phi) is 4.10. The highest BCUT2D eigenvalue weighted by molar-refractivity contribution is 5.16. The standard InChI is InChI=1S/C15H27N3/c1-5-9-16-12(3)15(7-8-15)11-14-10-13(6-2)17-18(14)4/h10,12,16H,5-9,11H2,1-4H3. The van der Waals surface area contributed by atoms with Crippen molar-refractivity contribution in [1.82, 2.24) is 15.1 Å². The lowest BCUT2D eigenvalue weighted by Gasteiger charge is -2.24. The van der Waals surface area contributed by atoms with Crippen LogP contribution in [-0.4, -0.2) is 22.4 Å². The number of hydrogen-bond acceptors (Lipinski definition) is 2. The Labute approximate surface area is 111 Å². The third kappa shape index (κ3) is 2.77. The Bertz CT molecular complexity index is 390. The number of rotatable bonds is 7. The topological polar surface area (TPSA) is 29.9 Å². The minimum atomic E-state index is 0.494. The molecular weight excluding hydrogens is 222 g/mol. The first-order valence-corrected chi connectivity index (χ1v) is 7.36. The van der Waals surface area contributed by atoms with Crippen molar-refractivity contribution in [3.63, 3.8) is 0 Å². The van der Waals surface area contributed by atoms with E-state index in [-0.39, 0.29) is 0 Å². The molecule has 1 N–H and O–H groups in total. The fraction of sp³-hybridized carbons (Fsp3) is 0.800. The number of nitrogens with zero attached hydrogens (tertiary/aromatic N) is 2. The molecule has 0 spiro atoms. The van der Waals surface area contributed by atoms with Crippen molar-refractivity contribution in [3.8, 4) is 0 Å². The smallest absolute Gasteiger partial charge is 0.0624 e. The molecule has 1 aromatic heterocycles. The Morgan fingerprint density at radius 2 is 2.17 bits per heavy atom. The van der Waals surface area contributed by atoms with E-state index in [0.29, 0.717) is 11.5 Å². The van der Waals surface area contributed by atoms with E-state index in [1.54, 1.807) is 0 Å². The number of aryl methyl sites for hydroxylation is 2. The third-order valence-electron chi connectivity index (χ3n) is 4.43. The molecule has 102 valence electrons. The molecule has 0 amide bonds. The van der Waals surface area contributed by atoms with Gasteiger partial charge in [-0.15, -0.1) is 0 Å². The number of nitrogens with one attached hydrogen (secondary N) is 1. The Hall–Kier alpha value is -0.830. The molecule has 3 nitrogen and oxygen atoms in total. The van der Waals surface area contributed by atoms with E-state index in [1.807, 2.05) is 0 Å². The Balaban J connectivity index is 2.01. The first kappa shape index (κ1) is 13.6. The predicted molar refractivity (Wildman–Crippen MR) is 75.7 cm³/mol. The first-order chi connectivity index (χ1) is 8.61. The summed E-state index contributed by atoms with van der Waals surface area (Å²) in [6, 6.07) is 2.91. The van der Waals surface area contributed by atoms with E-state index in [2.05, 4.69) is 49.0 Å². The van der Waals surface area contributed by atoms with Crippen molar-refractivity contribution in [1.29, 1.82) is 0 Å². The summed E-state index contributed by atoms with van der Waals surface area (Å²) < 4.78 is 2.07. The molecule has 18 heavy (non-hydrogen) atoms. The van der Waals surface area contributed by atoms with Crippen molar-refractivity contribution in [3.05, 3.63) is 17.5 Å². The summed E-state index contributed by atoms with van der Waals surface area (Å²) in [6.45, 7) is 7.88. The maximum absolute atomic E-state index is 4.56. The van der Waals surface area contributed by atoms with Crippen LogP contribution in [0.25, 0.3) is 0 Å². The highest BCUT2D eigenvalue weighted by atomic mass is 15.3. The van der Waals surface area contributed by atoms with Crippen LogP contribution in [0, 0.1) is 5.41 Å². The Morgan fingerprint density at radius 1 is 1.44 bits per heavy atom. The maximum Gasteiger partial charge on any atom is 0.0624 e. The number of hydrogen-bond donors (Lipinski definition) is 1. The second-order valence-electron chi connectivity index (χ2n) is 5.82. The van der Waals surface area contributed by atoms with Gasteiger partial charge in [0, 0.05) is 18.8 Å². The van der Waals surface area contributed by atoms with Gasteiger partial charge in [-0.1, -0.05) is 13.8 Å². The lowest BCUT2D eigenvalue weighted by molar-refractivity contribution is 0.343. The van der Waals surface area contributed by atoms with Gasteiger partial charge in [0.15, 0.2) is 0 Å². The van der Waals surface area contributed by atoms with Gasteiger partial charge in [0.1, 0.15) is 0 Å². The molecule has 2 rings (SSSR count). The number of aromatic nitrogens is 2. The lowest BCUT2D eigenvalue weighted by atomic mass is 9.92. The SMILES string of the molecule is CCCNC(C)C1(Cc2cc(CC)nn2C)CC1. The molecule has 1 saturated carbocycles. The van der Waals surface area contributed by atoms with E-state index in [1.165, 1.54) is 37.1 Å². The van der Waals surface area contributed by atoms with E-state index in [0.717, 1.165) is 13.0 Å². The van der Waals surface area contributed by atoms with Gasteiger partial charge < -0.3 is 5.32 Å². The van der Waals surface area contributed by atoms with Crippen LogP contribution in [0.15, 0.2) is 6.07 Å². The maximum atomic E-state index is 4.56. The molecule has 1 aromatic rings. The zero-order valence-electron chi connectivity index (χ0n) is 12.3. The van der Waals surface area contributed by atoms with Gasteiger partial charge in [-0.3, -0.25) is 4.68 Å². The summed E-state index contributed by atoms with van der Waals surface area (Å²) in [5, 5.41) is 8.22. The molecule has 1 aliphatic carbocycles. The van der Waals surface area contributed by atoms with E-state index in [9.17, 15) is 0 Å². The molecule has 0 aliphatic heterocycles. The van der Waals surface area contributed by atoms with Gasteiger partial charge in [0.2, 0.25) is 0 Å². The molecule has 1 fully saturated rings. The quantitative estimate of drug-likeness (QED) is 0.805. The van der Waals surface area contributed by atoms with Crippen LogP contribution in [0.2, 0.25) is 0 Å². The van der Waals surface area contributed by atoms with E-state index >= 15 is 0 Å². The summed E-state index contributed by atoms with van der Waals surface area (Å²) in [4.78, 5) is 0. The summed E-state index contributed by atoms with van der Waals surface area (Å²) in [6.07, 6.45) is 6.14. The third-order valence-corrected chi connectivity index (χ3v) is 4.43. The summed E-state index contributed by atoms with van der Waals surface area (Å²) in [5.41, 5.74) is 3.11. The van der Waals surface area contributed by atoms with Crippen molar-refractivity contribution in [2.45, 2.75) is 58.9 Å².